The Morgan fingerprint density at radius 3 is 2.13 bits per heavy atom. The van der Waals surface area contributed by atoms with Crippen molar-refractivity contribution in [1.29, 1.82) is 0 Å². The van der Waals surface area contributed by atoms with Crippen LogP contribution in [0.4, 0.5) is 0 Å². The zero-order valence-electron chi connectivity index (χ0n) is 9.84. The molecular weight excluding hydrogens is 194 g/mol. The van der Waals surface area contributed by atoms with Gasteiger partial charge in [-0.25, -0.2) is 0 Å². The van der Waals surface area contributed by atoms with Crippen molar-refractivity contribution in [3.8, 4) is 0 Å². The predicted molar refractivity (Wildman–Crippen MR) is 58.4 cm³/mol. The monoisotopic (exact) mass is 215 g/mol. The maximum atomic E-state index is 11.2. The molecule has 2 N–H and O–H groups in total. The second-order valence-corrected chi connectivity index (χ2v) is 4.54. The summed E-state index contributed by atoms with van der Waals surface area (Å²) in [4.78, 5) is 22.1. The van der Waals surface area contributed by atoms with Crippen molar-refractivity contribution in [2.24, 2.45) is 5.73 Å². The quantitative estimate of drug-likeness (QED) is 0.537. The van der Waals surface area contributed by atoms with Gasteiger partial charge in [-0.05, 0) is 33.6 Å². The topological polar surface area (TPSA) is 69.4 Å². The average Bonchev–Trinajstić information content (AvgIpc) is 2.09. The van der Waals surface area contributed by atoms with Gasteiger partial charge in [-0.15, -0.1) is 0 Å². The van der Waals surface area contributed by atoms with E-state index in [2.05, 4.69) is 0 Å². The molecule has 0 aromatic heterocycles. The lowest BCUT2D eigenvalue weighted by Gasteiger charge is -2.19. The number of Topliss-reactive ketones (excluding diaryl/α,β-unsaturated/α-hetero) is 1. The van der Waals surface area contributed by atoms with E-state index >= 15 is 0 Å². The Labute approximate surface area is 91.2 Å². The van der Waals surface area contributed by atoms with Gasteiger partial charge in [0.2, 0.25) is 0 Å². The molecule has 0 aromatic carbocycles. The molecular formula is C11H21NO3. The molecule has 15 heavy (non-hydrogen) atoms. The second-order valence-electron chi connectivity index (χ2n) is 4.54. The van der Waals surface area contributed by atoms with Crippen molar-refractivity contribution in [3.05, 3.63) is 0 Å². The van der Waals surface area contributed by atoms with Crippen LogP contribution in [0.2, 0.25) is 0 Å². The van der Waals surface area contributed by atoms with Crippen LogP contribution in [0.5, 0.6) is 0 Å². The van der Waals surface area contributed by atoms with E-state index in [-0.39, 0.29) is 18.3 Å². The number of unbranched alkanes of at least 4 members (excludes halogenated alkanes) is 1. The fourth-order valence-corrected chi connectivity index (χ4v) is 1.09. The Balaban J connectivity index is 3.52. The molecule has 0 aromatic rings. The van der Waals surface area contributed by atoms with Crippen molar-refractivity contribution < 1.29 is 14.3 Å². The third-order valence-corrected chi connectivity index (χ3v) is 1.73. The molecule has 0 saturated carbocycles. The summed E-state index contributed by atoms with van der Waals surface area (Å²) in [6, 6.07) is 0. The van der Waals surface area contributed by atoms with Gasteiger partial charge in [0.15, 0.2) is 0 Å². The minimum Gasteiger partial charge on any atom is -0.460 e. The second kappa shape index (κ2) is 6.56. The van der Waals surface area contributed by atoms with Crippen LogP contribution in [0.1, 0.15) is 46.5 Å². The highest BCUT2D eigenvalue weighted by molar-refractivity contribution is 5.80. The molecule has 4 nitrogen and oxygen atoms in total. The zero-order valence-corrected chi connectivity index (χ0v) is 9.84. The number of esters is 1. The van der Waals surface area contributed by atoms with Gasteiger partial charge in [0.1, 0.15) is 11.4 Å². The minimum atomic E-state index is -0.426. The highest BCUT2D eigenvalue weighted by Gasteiger charge is 2.15. The van der Waals surface area contributed by atoms with Gasteiger partial charge in [-0.1, -0.05) is 0 Å². The molecule has 0 aliphatic heterocycles. The first-order valence-electron chi connectivity index (χ1n) is 5.29. The number of carbonyl (C=O) groups excluding carboxylic acids is 2. The molecule has 4 heteroatoms. The third-order valence-electron chi connectivity index (χ3n) is 1.73. The highest BCUT2D eigenvalue weighted by atomic mass is 16.6. The lowest BCUT2D eigenvalue weighted by Crippen LogP contribution is -2.23. The van der Waals surface area contributed by atoms with Crippen molar-refractivity contribution in [1.82, 2.24) is 0 Å². The smallest absolute Gasteiger partial charge is 0.306 e. The first-order valence-corrected chi connectivity index (χ1v) is 5.29. The molecule has 0 heterocycles. The van der Waals surface area contributed by atoms with Crippen LogP contribution in [-0.2, 0) is 14.3 Å². The summed E-state index contributed by atoms with van der Waals surface area (Å²) < 4.78 is 5.12. The van der Waals surface area contributed by atoms with Gasteiger partial charge in [-0.2, -0.15) is 0 Å². The Hall–Kier alpha value is -0.900. The van der Waals surface area contributed by atoms with Gasteiger partial charge in [0.05, 0.1) is 6.54 Å². The summed E-state index contributed by atoms with van der Waals surface area (Å²) in [5, 5.41) is 0. The van der Waals surface area contributed by atoms with E-state index in [0.717, 1.165) is 0 Å². The number of carbonyl (C=O) groups is 2. The largest absolute Gasteiger partial charge is 0.460 e. The molecule has 0 bridgehead atoms. The van der Waals surface area contributed by atoms with Gasteiger partial charge < -0.3 is 10.5 Å². The first-order chi connectivity index (χ1) is 6.85. The number of ketones is 1. The van der Waals surface area contributed by atoms with Crippen LogP contribution in [-0.4, -0.2) is 23.9 Å². The number of ether oxygens (including phenoxy) is 1. The highest BCUT2D eigenvalue weighted by Crippen LogP contribution is 2.10. The summed E-state index contributed by atoms with van der Waals surface area (Å²) in [5.74, 6) is -0.165. The first kappa shape index (κ1) is 14.1. The van der Waals surface area contributed by atoms with E-state index in [1.165, 1.54) is 0 Å². The summed E-state index contributed by atoms with van der Waals surface area (Å²) in [5.41, 5.74) is 4.73. The molecule has 0 saturated heterocycles. The van der Waals surface area contributed by atoms with E-state index < -0.39 is 5.60 Å². The van der Waals surface area contributed by atoms with E-state index in [0.29, 0.717) is 25.7 Å². The molecule has 88 valence electrons. The maximum absolute atomic E-state index is 11.2. The fraction of sp³-hybridized carbons (Fsp3) is 0.818. The van der Waals surface area contributed by atoms with E-state index in [1.54, 1.807) is 0 Å². The van der Waals surface area contributed by atoms with E-state index in [4.69, 9.17) is 10.5 Å². The van der Waals surface area contributed by atoms with Gasteiger partial charge >= 0.3 is 5.97 Å². The normalized spacial score (nSPS) is 11.2. The van der Waals surface area contributed by atoms with Crippen LogP contribution in [0.3, 0.4) is 0 Å². The third kappa shape index (κ3) is 9.41. The van der Waals surface area contributed by atoms with Crippen molar-refractivity contribution in [3.63, 3.8) is 0 Å². The zero-order chi connectivity index (χ0) is 11.9. The molecule has 0 spiro atoms. The van der Waals surface area contributed by atoms with Gasteiger partial charge in [-0.3, -0.25) is 9.59 Å². The van der Waals surface area contributed by atoms with Crippen LogP contribution in [0, 0.1) is 0 Å². The van der Waals surface area contributed by atoms with Crippen LogP contribution < -0.4 is 5.73 Å². The molecule has 0 amide bonds. The van der Waals surface area contributed by atoms with Crippen LogP contribution >= 0.6 is 0 Å². The number of hydrogen-bond acceptors (Lipinski definition) is 4. The van der Waals surface area contributed by atoms with Crippen molar-refractivity contribution >= 4 is 11.8 Å². The van der Waals surface area contributed by atoms with Crippen molar-refractivity contribution in [2.75, 3.05) is 6.54 Å². The summed E-state index contributed by atoms with van der Waals surface area (Å²) in [6.45, 7) is 5.60. The molecule has 0 aliphatic carbocycles. The van der Waals surface area contributed by atoms with Crippen molar-refractivity contribution in [2.45, 2.75) is 52.1 Å². The van der Waals surface area contributed by atoms with E-state index in [1.807, 2.05) is 20.8 Å². The summed E-state index contributed by atoms with van der Waals surface area (Å²) in [7, 11) is 0. The molecule has 0 aliphatic rings. The SMILES string of the molecule is CC(C)(C)OC(=O)CCCCC(=O)CN. The van der Waals surface area contributed by atoms with Crippen LogP contribution in [0.25, 0.3) is 0 Å². The molecule has 0 fully saturated rings. The molecule has 0 rings (SSSR count). The van der Waals surface area contributed by atoms with Gasteiger partial charge in [0, 0.05) is 12.8 Å². The Bertz CT molecular complexity index is 218. The Morgan fingerprint density at radius 2 is 1.67 bits per heavy atom. The fourth-order valence-electron chi connectivity index (χ4n) is 1.09. The van der Waals surface area contributed by atoms with Gasteiger partial charge in [0.25, 0.3) is 0 Å². The Kier molecular flexibility index (Phi) is 6.17. The number of nitrogens with two attached hydrogens (primary N) is 1. The number of hydrogen-bond donors (Lipinski definition) is 1. The standard InChI is InChI=1S/C11H21NO3/c1-11(2,3)15-10(14)7-5-4-6-9(13)8-12/h4-8,12H2,1-3H3. The predicted octanol–water partition coefficient (Wildman–Crippen LogP) is 1.42. The summed E-state index contributed by atoms with van der Waals surface area (Å²) in [6.07, 6.45) is 2.21. The van der Waals surface area contributed by atoms with Crippen LogP contribution in [0.15, 0.2) is 0 Å². The maximum Gasteiger partial charge on any atom is 0.306 e. The van der Waals surface area contributed by atoms with E-state index in [9.17, 15) is 9.59 Å². The molecule has 0 atom stereocenters. The average molecular weight is 215 g/mol. The lowest BCUT2D eigenvalue weighted by atomic mass is 10.1. The lowest BCUT2D eigenvalue weighted by molar-refractivity contribution is -0.155. The molecule has 0 radical (unpaired) electrons. The summed E-state index contributed by atoms with van der Waals surface area (Å²) >= 11 is 0. The Morgan fingerprint density at radius 1 is 1.13 bits per heavy atom. The number of rotatable bonds is 6. The molecule has 0 unspecified atom stereocenters. The minimum absolute atomic E-state index is 0.0409.